The lowest BCUT2D eigenvalue weighted by molar-refractivity contribution is 0.447. The summed E-state index contributed by atoms with van der Waals surface area (Å²) in [5.74, 6) is 0. The van der Waals surface area contributed by atoms with Gasteiger partial charge in [-0.15, -0.1) is 0 Å². The first-order chi connectivity index (χ1) is 10.1. The highest BCUT2D eigenvalue weighted by Crippen LogP contribution is 2.41. The van der Waals surface area contributed by atoms with Gasteiger partial charge in [0, 0.05) is 0 Å². The molecule has 22 heavy (non-hydrogen) atoms. The van der Waals surface area contributed by atoms with Crippen molar-refractivity contribution in [2.24, 2.45) is 10.8 Å². The molecule has 0 aromatic heterocycles. The fourth-order valence-electron chi connectivity index (χ4n) is 2.73. The summed E-state index contributed by atoms with van der Waals surface area (Å²) in [5.41, 5.74) is 7.46. The third-order valence-corrected chi connectivity index (χ3v) is 4.50. The highest BCUT2D eigenvalue weighted by molar-refractivity contribution is 5.64. The molecule has 0 radical (unpaired) electrons. The third-order valence-electron chi connectivity index (χ3n) is 4.50. The van der Waals surface area contributed by atoms with Crippen LogP contribution in [-0.4, -0.2) is 0 Å². The van der Waals surface area contributed by atoms with Crippen LogP contribution in [0.2, 0.25) is 0 Å². The van der Waals surface area contributed by atoms with E-state index in [-0.39, 0.29) is 10.8 Å². The summed E-state index contributed by atoms with van der Waals surface area (Å²) < 4.78 is 0. The van der Waals surface area contributed by atoms with Crippen molar-refractivity contribution in [3.8, 4) is 0 Å². The van der Waals surface area contributed by atoms with E-state index in [1.54, 1.807) is 0 Å². The molecule has 0 heteroatoms. The molecule has 0 saturated heterocycles. The molecule has 0 spiro atoms. The van der Waals surface area contributed by atoms with Crippen LogP contribution >= 0.6 is 0 Å². The maximum Gasteiger partial charge on any atom is -0.00913 e. The Morgan fingerprint density at radius 1 is 0.818 bits per heavy atom. The molecule has 0 saturated carbocycles. The van der Waals surface area contributed by atoms with Crippen LogP contribution in [0.25, 0.3) is 6.08 Å². The SMILES string of the molecule is Cc1ccccc1C=C1C=C(C(C)(C)C)CC(C(C)(C)C)=C1. The molecule has 0 aliphatic heterocycles. The second kappa shape index (κ2) is 5.91. The lowest BCUT2D eigenvalue weighted by Gasteiger charge is -2.33. The molecule has 0 bridgehead atoms. The van der Waals surface area contributed by atoms with Crippen molar-refractivity contribution in [2.45, 2.75) is 54.9 Å². The Hall–Kier alpha value is -1.56. The van der Waals surface area contributed by atoms with E-state index in [1.807, 2.05) is 0 Å². The summed E-state index contributed by atoms with van der Waals surface area (Å²) in [5, 5.41) is 0. The number of hydrogen-bond donors (Lipinski definition) is 0. The van der Waals surface area contributed by atoms with Crippen molar-refractivity contribution in [1.29, 1.82) is 0 Å². The molecular formula is C22H30. The second-order valence-corrected chi connectivity index (χ2v) is 8.52. The molecule has 0 unspecified atom stereocenters. The van der Waals surface area contributed by atoms with Gasteiger partial charge >= 0.3 is 0 Å². The molecule has 0 atom stereocenters. The van der Waals surface area contributed by atoms with E-state index < -0.39 is 0 Å². The first-order valence-electron chi connectivity index (χ1n) is 8.27. The minimum absolute atomic E-state index is 0.218. The van der Waals surface area contributed by atoms with Crippen LogP contribution in [0.15, 0.2) is 53.1 Å². The lowest BCUT2D eigenvalue weighted by Crippen LogP contribution is -2.18. The Labute approximate surface area is 136 Å². The van der Waals surface area contributed by atoms with Crippen LogP contribution in [-0.2, 0) is 0 Å². The van der Waals surface area contributed by atoms with Gasteiger partial charge in [-0.1, -0.05) is 89.1 Å². The summed E-state index contributed by atoms with van der Waals surface area (Å²) in [6.07, 6.45) is 8.20. The highest BCUT2D eigenvalue weighted by atomic mass is 14.3. The van der Waals surface area contributed by atoms with E-state index in [1.165, 1.54) is 27.8 Å². The number of aryl methyl sites for hydroxylation is 1. The first kappa shape index (κ1) is 16.8. The second-order valence-electron chi connectivity index (χ2n) is 8.52. The summed E-state index contributed by atoms with van der Waals surface area (Å²) in [7, 11) is 0. The van der Waals surface area contributed by atoms with E-state index in [2.05, 4.69) is 91.0 Å². The summed E-state index contributed by atoms with van der Waals surface area (Å²) in [4.78, 5) is 0. The predicted molar refractivity (Wildman–Crippen MR) is 98.8 cm³/mol. The zero-order valence-corrected chi connectivity index (χ0v) is 15.2. The zero-order chi connectivity index (χ0) is 16.5. The molecule has 0 heterocycles. The Bertz CT molecular complexity index is 605. The Kier molecular flexibility index (Phi) is 4.52. The fourth-order valence-corrected chi connectivity index (χ4v) is 2.73. The molecule has 2 rings (SSSR count). The zero-order valence-electron chi connectivity index (χ0n) is 15.2. The topological polar surface area (TPSA) is 0 Å². The summed E-state index contributed by atoms with van der Waals surface area (Å²) in [6, 6.07) is 8.60. The molecule has 0 amide bonds. The molecule has 0 fully saturated rings. The van der Waals surface area contributed by atoms with Gasteiger partial charge in [0.25, 0.3) is 0 Å². The van der Waals surface area contributed by atoms with Crippen molar-refractivity contribution in [3.05, 3.63) is 64.3 Å². The van der Waals surface area contributed by atoms with Crippen LogP contribution in [0.5, 0.6) is 0 Å². The molecule has 1 aromatic rings. The van der Waals surface area contributed by atoms with E-state index in [0.29, 0.717) is 0 Å². The molecule has 0 N–H and O–H groups in total. The quantitative estimate of drug-likeness (QED) is 0.539. The van der Waals surface area contributed by atoms with Crippen LogP contribution in [0.4, 0.5) is 0 Å². The van der Waals surface area contributed by atoms with Crippen LogP contribution < -0.4 is 0 Å². The van der Waals surface area contributed by atoms with Gasteiger partial charge in [0.05, 0.1) is 0 Å². The van der Waals surface area contributed by atoms with Gasteiger partial charge in [-0.05, 0) is 47.0 Å². The predicted octanol–water partition coefficient (Wildman–Crippen LogP) is 6.73. The van der Waals surface area contributed by atoms with Crippen molar-refractivity contribution >= 4 is 6.08 Å². The molecule has 118 valence electrons. The summed E-state index contributed by atoms with van der Waals surface area (Å²) in [6.45, 7) is 16.1. The van der Waals surface area contributed by atoms with E-state index in [9.17, 15) is 0 Å². The molecule has 0 nitrogen and oxygen atoms in total. The van der Waals surface area contributed by atoms with Crippen LogP contribution in [0.3, 0.4) is 0 Å². The molecule has 1 aromatic carbocycles. The largest absolute Gasteiger partial charge is 0.0620 e. The monoisotopic (exact) mass is 294 g/mol. The van der Waals surface area contributed by atoms with E-state index in [4.69, 9.17) is 0 Å². The maximum absolute atomic E-state index is 2.39. The average molecular weight is 294 g/mol. The van der Waals surface area contributed by atoms with Crippen molar-refractivity contribution in [3.63, 3.8) is 0 Å². The number of allylic oxidation sites excluding steroid dienone is 5. The lowest BCUT2D eigenvalue weighted by atomic mass is 9.72. The van der Waals surface area contributed by atoms with Gasteiger partial charge in [0.2, 0.25) is 0 Å². The molecular weight excluding hydrogens is 264 g/mol. The van der Waals surface area contributed by atoms with Crippen molar-refractivity contribution < 1.29 is 0 Å². The van der Waals surface area contributed by atoms with Crippen LogP contribution in [0.1, 0.15) is 59.1 Å². The van der Waals surface area contributed by atoms with Gasteiger partial charge in [-0.25, -0.2) is 0 Å². The standard InChI is InChI=1S/C22H30/c1-16-10-8-9-11-18(16)12-17-13-19(21(2,3)4)15-20(14-17)22(5,6)7/h8-14H,15H2,1-7H3. The maximum atomic E-state index is 2.39. The highest BCUT2D eigenvalue weighted by Gasteiger charge is 2.26. The Morgan fingerprint density at radius 2 is 1.32 bits per heavy atom. The van der Waals surface area contributed by atoms with Crippen molar-refractivity contribution in [1.82, 2.24) is 0 Å². The first-order valence-corrected chi connectivity index (χ1v) is 8.27. The number of rotatable bonds is 1. The van der Waals surface area contributed by atoms with Gasteiger partial charge in [-0.2, -0.15) is 0 Å². The third kappa shape index (κ3) is 4.00. The van der Waals surface area contributed by atoms with Gasteiger partial charge < -0.3 is 0 Å². The normalized spacial score (nSPS) is 16.2. The van der Waals surface area contributed by atoms with Gasteiger partial charge in [0.15, 0.2) is 0 Å². The van der Waals surface area contributed by atoms with Crippen LogP contribution in [0, 0.1) is 17.8 Å². The minimum Gasteiger partial charge on any atom is -0.0620 e. The van der Waals surface area contributed by atoms with Gasteiger partial charge in [0.1, 0.15) is 0 Å². The average Bonchev–Trinajstić information content (AvgIpc) is 2.39. The Balaban J connectivity index is 2.51. The van der Waals surface area contributed by atoms with Gasteiger partial charge in [-0.3, -0.25) is 0 Å². The van der Waals surface area contributed by atoms with E-state index in [0.717, 1.165) is 6.42 Å². The Morgan fingerprint density at radius 3 is 1.77 bits per heavy atom. The summed E-state index contributed by atoms with van der Waals surface area (Å²) >= 11 is 0. The van der Waals surface area contributed by atoms with E-state index >= 15 is 0 Å². The number of hydrogen-bond acceptors (Lipinski definition) is 0. The molecule has 1 aliphatic carbocycles. The smallest absolute Gasteiger partial charge is 0.00913 e. The molecule has 1 aliphatic rings. The van der Waals surface area contributed by atoms with Crippen molar-refractivity contribution in [2.75, 3.05) is 0 Å². The minimum atomic E-state index is 0.218. The fraction of sp³-hybridized carbons (Fsp3) is 0.455. The number of benzene rings is 1.